The first kappa shape index (κ1) is 15.6. The lowest BCUT2D eigenvalue weighted by Crippen LogP contribution is -2.21. The van der Waals surface area contributed by atoms with Crippen molar-refractivity contribution in [2.24, 2.45) is 0 Å². The standard InChI is InChI=1S/C17H19BrN2O/c1-17(2,3)13-7-5-4-6-12(13)16(21)20-15-9-8-11(18)10-14(15)19/h4-10H,19H2,1-3H3,(H,20,21). The Kier molecular flexibility index (Phi) is 4.37. The molecule has 0 bridgehead atoms. The van der Waals surface area contributed by atoms with Gasteiger partial charge < -0.3 is 11.1 Å². The third-order valence-electron chi connectivity index (χ3n) is 3.24. The van der Waals surface area contributed by atoms with Crippen LogP contribution in [0.15, 0.2) is 46.9 Å². The number of nitrogens with two attached hydrogens (primary N) is 1. The Bertz CT molecular complexity index is 675. The molecule has 0 radical (unpaired) electrons. The third kappa shape index (κ3) is 3.64. The minimum absolute atomic E-state index is 0.0980. The van der Waals surface area contributed by atoms with Crippen LogP contribution in [0, 0.1) is 0 Å². The minimum Gasteiger partial charge on any atom is -0.397 e. The lowest BCUT2D eigenvalue weighted by Gasteiger charge is -2.22. The van der Waals surface area contributed by atoms with Crippen LogP contribution in [0.5, 0.6) is 0 Å². The number of nitrogen functional groups attached to an aromatic ring is 1. The first-order valence-corrected chi connectivity index (χ1v) is 7.54. The Morgan fingerprint density at radius 3 is 2.43 bits per heavy atom. The van der Waals surface area contributed by atoms with Crippen molar-refractivity contribution < 1.29 is 4.79 Å². The van der Waals surface area contributed by atoms with Crippen molar-refractivity contribution >= 4 is 33.2 Å². The Labute approximate surface area is 133 Å². The Morgan fingerprint density at radius 2 is 1.81 bits per heavy atom. The third-order valence-corrected chi connectivity index (χ3v) is 3.73. The SMILES string of the molecule is CC(C)(C)c1ccccc1C(=O)Nc1ccc(Br)cc1N. The van der Waals surface area contributed by atoms with Crippen LogP contribution >= 0.6 is 15.9 Å². The van der Waals surface area contributed by atoms with Crippen LogP contribution in [0.3, 0.4) is 0 Å². The Morgan fingerprint density at radius 1 is 1.14 bits per heavy atom. The van der Waals surface area contributed by atoms with E-state index in [0.717, 1.165) is 10.0 Å². The number of anilines is 2. The average molecular weight is 347 g/mol. The van der Waals surface area contributed by atoms with Gasteiger partial charge in [-0.15, -0.1) is 0 Å². The molecular weight excluding hydrogens is 328 g/mol. The molecule has 0 unspecified atom stereocenters. The fraction of sp³-hybridized carbons (Fsp3) is 0.235. The van der Waals surface area contributed by atoms with Gasteiger partial charge in [-0.05, 0) is 35.2 Å². The van der Waals surface area contributed by atoms with Crippen LogP contribution in [-0.4, -0.2) is 5.91 Å². The van der Waals surface area contributed by atoms with Crippen LogP contribution in [-0.2, 0) is 5.41 Å². The summed E-state index contributed by atoms with van der Waals surface area (Å²) in [5.74, 6) is -0.144. The van der Waals surface area contributed by atoms with E-state index in [1.54, 1.807) is 12.1 Å². The summed E-state index contributed by atoms with van der Waals surface area (Å²) < 4.78 is 0.882. The molecule has 2 aromatic rings. The quantitative estimate of drug-likeness (QED) is 0.781. The highest BCUT2D eigenvalue weighted by molar-refractivity contribution is 9.10. The van der Waals surface area contributed by atoms with Gasteiger partial charge in [0.25, 0.3) is 5.91 Å². The van der Waals surface area contributed by atoms with Crippen LogP contribution in [0.1, 0.15) is 36.7 Å². The van der Waals surface area contributed by atoms with Crippen LogP contribution < -0.4 is 11.1 Å². The zero-order chi connectivity index (χ0) is 15.6. The second-order valence-electron chi connectivity index (χ2n) is 5.98. The normalized spacial score (nSPS) is 11.2. The second kappa shape index (κ2) is 5.90. The molecule has 0 aliphatic rings. The first-order valence-electron chi connectivity index (χ1n) is 6.75. The molecule has 0 aromatic heterocycles. The maximum absolute atomic E-state index is 12.5. The number of carbonyl (C=O) groups is 1. The van der Waals surface area contributed by atoms with Crippen molar-refractivity contribution in [2.45, 2.75) is 26.2 Å². The molecule has 1 amide bonds. The van der Waals surface area contributed by atoms with Crippen molar-refractivity contribution in [1.82, 2.24) is 0 Å². The van der Waals surface area contributed by atoms with Crippen molar-refractivity contribution in [3.63, 3.8) is 0 Å². The summed E-state index contributed by atoms with van der Waals surface area (Å²) in [6.07, 6.45) is 0. The summed E-state index contributed by atoms with van der Waals surface area (Å²) in [7, 11) is 0. The molecule has 0 fully saturated rings. The van der Waals surface area contributed by atoms with Gasteiger partial charge in [0.1, 0.15) is 0 Å². The van der Waals surface area contributed by atoms with Gasteiger partial charge in [-0.2, -0.15) is 0 Å². The zero-order valence-corrected chi connectivity index (χ0v) is 14.0. The molecule has 0 saturated heterocycles. The molecule has 2 rings (SSSR count). The highest BCUT2D eigenvalue weighted by Crippen LogP contribution is 2.28. The minimum atomic E-state index is -0.144. The summed E-state index contributed by atoms with van der Waals surface area (Å²) in [4.78, 5) is 12.5. The summed E-state index contributed by atoms with van der Waals surface area (Å²) in [6, 6.07) is 13.1. The van der Waals surface area contributed by atoms with Crippen molar-refractivity contribution in [3.05, 3.63) is 58.1 Å². The summed E-state index contributed by atoms with van der Waals surface area (Å²) >= 11 is 3.35. The van der Waals surface area contributed by atoms with Crippen molar-refractivity contribution in [3.8, 4) is 0 Å². The smallest absolute Gasteiger partial charge is 0.256 e. The van der Waals surface area contributed by atoms with Crippen molar-refractivity contribution in [2.75, 3.05) is 11.1 Å². The highest BCUT2D eigenvalue weighted by atomic mass is 79.9. The van der Waals surface area contributed by atoms with Crippen LogP contribution in [0.25, 0.3) is 0 Å². The molecule has 0 spiro atoms. The lowest BCUT2D eigenvalue weighted by molar-refractivity contribution is 0.102. The molecule has 0 heterocycles. The predicted octanol–water partition coefficient (Wildman–Crippen LogP) is 4.58. The largest absolute Gasteiger partial charge is 0.397 e. The first-order chi connectivity index (χ1) is 9.79. The van der Waals surface area contributed by atoms with E-state index in [9.17, 15) is 4.79 Å². The van der Waals surface area contributed by atoms with E-state index >= 15 is 0 Å². The molecule has 3 N–H and O–H groups in total. The van der Waals surface area contributed by atoms with Gasteiger partial charge in [0, 0.05) is 10.0 Å². The molecular formula is C17H19BrN2O. The highest BCUT2D eigenvalue weighted by Gasteiger charge is 2.21. The van der Waals surface area contributed by atoms with Gasteiger partial charge in [0.15, 0.2) is 0 Å². The monoisotopic (exact) mass is 346 g/mol. The van der Waals surface area contributed by atoms with Gasteiger partial charge in [-0.25, -0.2) is 0 Å². The number of nitrogens with one attached hydrogen (secondary N) is 1. The Balaban J connectivity index is 2.33. The van der Waals surface area contributed by atoms with Crippen molar-refractivity contribution in [1.29, 1.82) is 0 Å². The fourth-order valence-corrected chi connectivity index (χ4v) is 2.55. The Hall–Kier alpha value is -1.81. The predicted molar refractivity (Wildman–Crippen MR) is 91.6 cm³/mol. The number of hydrogen-bond acceptors (Lipinski definition) is 2. The zero-order valence-electron chi connectivity index (χ0n) is 12.4. The molecule has 2 aromatic carbocycles. The van der Waals surface area contributed by atoms with E-state index in [1.165, 1.54) is 0 Å². The van der Waals surface area contributed by atoms with E-state index < -0.39 is 0 Å². The molecule has 0 aliphatic carbocycles. The van der Waals surface area contributed by atoms with E-state index in [-0.39, 0.29) is 11.3 Å². The molecule has 0 aliphatic heterocycles. The number of rotatable bonds is 2. The summed E-state index contributed by atoms with van der Waals surface area (Å²) in [5, 5.41) is 2.88. The van der Waals surface area contributed by atoms with Gasteiger partial charge in [0.05, 0.1) is 11.4 Å². The lowest BCUT2D eigenvalue weighted by atomic mass is 9.83. The molecule has 0 atom stereocenters. The van der Waals surface area contributed by atoms with Crippen LogP contribution in [0.4, 0.5) is 11.4 Å². The molecule has 110 valence electrons. The second-order valence-corrected chi connectivity index (χ2v) is 6.90. The summed E-state index contributed by atoms with van der Waals surface area (Å²) in [6.45, 7) is 6.27. The molecule has 3 nitrogen and oxygen atoms in total. The molecule has 0 saturated carbocycles. The number of benzene rings is 2. The van der Waals surface area contributed by atoms with E-state index in [1.807, 2.05) is 30.3 Å². The number of amides is 1. The number of hydrogen-bond donors (Lipinski definition) is 2. The summed E-state index contributed by atoms with van der Waals surface area (Å²) in [5.41, 5.74) is 8.67. The average Bonchev–Trinajstić information content (AvgIpc) is 2.41. The van der Waals surface area contributed by atoms with Gasteiger partial charge in [-0.1, -0.05) is 54.9 Å². The van der Waals surface area contributed by atoms with E-state index in [0.29, 0.717) is 16.9 Å². The number of halogens is 1. The maximum atomic E-state index is 12.5. The van der Waals surface area contributed by atoms with Gasteiger partial charge in [0.2, 0.25) is 0 Å². The topological polar surface area (TPSA) is 55.1 Å². The number of carbonyl (C=O) groups excluding carboxylic acids is 1. The van der Waals surface area contributed by atoms with Crippen LogP contribution in [0.2, 0.25) is 0 Å². The maximum Gasteiger partial charge on any atom is 0.256 e. The molecule has 21 heavy (non-hydrogen) atoms. The van der Waals surface area contributed by atoms with Gasteiger partial charge >= 0.3 is 0 Å². The van der Waals surface area contributed by atoms with E-state index in [4.69, 9.17) is 5.73 Å². The van der Waals surface area contributed by atoms with Gasteiger partial charge in [-0.3, -0.25) is 4.79 Å². The molecule has 4 heteroatoms. The van der Waals surface area contributed by atoms with E-state index in [2.05, 4.69) is 42.0 Å². The fourth-order valence-electron chi connectivity index (χ4n) is 2.17.